The van der Waals surface area contributed by atoms with Gasteiger partial charge in [0.15, 0.2) is 0 Å². The molecule has 0 saturated carbocycles. The van der Waals surface area contributed by atoms with E-state index in [0.717, 1.165) is 20.8 Å². The molecule has 6 heteroatoms. The number of rotatable bonds is 6. The first kappa shape index (κ1) is 44.5. The van der Waals surface area contributed by atoms with Crippen LogP contribution in [-0.4, -0.2) is 3.21 Å². The molecule has 0 nitrogen and oxygen atoms in total. The number of halogens is 5. The summed E-state index contributed by atoms with van der Waals surface area (Å²) >= 11 is -3.38. The Kier molecular flexibility index (Phi) is 12.9. The van der Waals surface area contributed by atoms with Crippen LogP contribution in [0.3, 0.4) is 0 Å². The molecule has 8 rings (SSSR count). The van der Waals surface area contributed by atoms with Crippen molar-refractivity contribution >= 4 is 3.21 Å². The van der Waals surface area contributed by atoms with Crippen molar-refractivity contribution < 1.29 is 59.3 Å². The normalized spacial score (nSPS) is 13.9. The van der Waals surface area contributed by atoms with E-state index in [0.29, 0.717) is 5.56 Å². The summed E-state index contributed by atoms with van der Waals surface area (Å²) in [7, 11) is 0. The Bertz CT molecular complexity index is 2480. The molecule has 2 aliphatic rings. The van der Waals surface area contributed by atoms with Crippen molar-refractivity contribution in [3.63, 3.8) is 0 Å². The van der Waals surface area contributed by atoms with Crippen LogP contribution in [0.4, 0.5) is 13.2 Å². The molecule has 300 valence electrons. The van der Waals surface area contributed by atoms with Crippen LogP contribution < -0.4 is 24.8 Å². The van der Waals surface area contributed by atoms with Crippen LogP contribution in [0, 0.1) is 6.92 Å². The summed E-state index contributed by atoms with van der Waals surface area (Å²) in [5.41, 5.74) is 14.4. The number of fused-ring (bicyclic) bond motifs is 3. The van der Waals surface area contributed by atoms with Crippen molar-refractivity contribution in [2.45, 2.75) is 75.5 Å². The maximum absolute atomic E-state index is 14.5. The van der Waals surface area contributed by atoms with Crippen LogP contribution >= 0.6 is 0 Å². The van der Waals surface area contributed by atoms with Crippen LogP contribution in [0.2, 0.25) is 0 Å². The number of hydrogen-bond donors (Lipinski definition) is 0. The molecular weight excluding hydrogens is 856 g/mol. The zero-order valence-corrected chi connectivity index (χ0v) is 38.6. The Hall–Kier alpha value is -4.08. The maximum Gasteiger partial charge on any atom is -1.00 e. The van der Waals surface area contributed by atoms with Gasteiger partial charge in [-0.1, -0.05) is 0 Å². The fourth-order valence-electron chi connectivity index (χ4n) is 8.80. The van der Waals surface area contributed by atoms with E-state index in [1.165, 1.54) is 71.0 Å². The van der Waals surface area contributed by atoms with E-state index in [1.807, 2.05) is 6.07 Å². The second kappa shape index (κ2) is 17.1. The van der Waals surface area contributed by atoms with Gasteiger partial charge in [-0.3, -0.25) is 0 Å². The van der Waals surface area contributed by atoms with Gasteiger partial charge in [-0.25, -0.2) is 0 Å². The molecule has 0 unspecified atom stereocenters. The summed E-state index contributed by atoms with van der Waals surface area (Å²) in [6, 6.07) is 45.8. The van der Waals surface area contributed by atoms with Gasteiger partial charge in [0, 0.05) is 0 Å². The van der Waals surface area contributed by atoms with Crippen LogP contribution in [0.25, 0.3) is 33.4 Å². The minimum atomic E-state index is -4.46. The SMILES string of the molecule is Cc1ccc(/[C](c2cccc(C(F)(F)F)c2)=[Zr+2](/[C]2=CC=CC2)[CH]2c3cc(-c4ccccc4)c(C(C)(C)C)cc3-c3cc(C(C)(C)C)c(-c4ccccc4)cc32)cc1.[Cl-].[Cl-]. The molecule has 0 heterocycles. The molecule has 0 atom stereocenters. The molecule has 0 N–H and O–H groups in total. The van der Waals surface area contributed by atoms with Crippen molar-refractivity contribution in [2.24, 2.45) is 0 Å². The van der Waals surface area contributed by atoms with Gasteiger partial charge in [0.05, 0.1) is 0 Å². The van der Waals surface area contributed by atoms with E-state index < -0.39 is 33.0 Å². The van der Waals surface area contributed by atoms with Gasteiger partial charge in [-0.15, -0.1) is 0 Å². The van der Waals surface area contributed by atoms with Gasteiger partial charge >= 0.3 is 346 Å². The molecule has 59 heavy (non-hydrogen) atoms. The number of aryl methyl sites for hydroxylation is 1. The number of benzene rings is 6. The molecule has 0 amide bonds. The van der Waals surface area contributed by atoms with Crippen LogP contribution in [0.15, 0.2) is 155 Å². The summed E-state index contributed by atoms with van der Waals surface area (Å²) in [5.74, 6) is 0. The van der Waals surface area contributed by atoms with Gasteiger partial charge in [0.1, 0.15) is 0 Å². The first-order valence-corrected chi connectivity index (χ1v) is 23.8. The molecule has 0 bridgehead atoms. The van der Waals surface area contributed by atoms with Gasteiger partial charge in [-0.2, -0.15) is 0 Å². The van der Waals surface area contributed by atoms with E-state index >= 15 is 0 Å². The molecular formula is C53H49Cl2F3Zr. The van der Waals surface area contributed by atoms with Crippen LogP contribution in [0.5, 0.6) is 0 Å². The quantitative estimate of drug-likeness (QED) is 0.157. The van der Waals surface area contributed by atoms with E-state index in [9.17, 15) is 13.2 Å². The van der Waals surface area contributed by atoms with Crippen molar-refractivity contribution in [2.75, 3.05) is 0 Å². The predicted octanol–water partition coefficient (Wildman–Crippen LogP) is 8.75. The van der Waals surface area contributed by atoms with E-state index in [2.05, 4.69) is 176 Å². The first-order chi connectivity index (χ1) is 27.1. The first-order valence-electron chi connectivity index (χ1n) is 19.9. The second-order valence-corrected chi connectivity index (χ2v) is 24.0. The standard InChI is InChI=1S/C33H33.C15H11F3.C5H5.2ClH.Zr/c1-32(2,3)30-20-26-24(18-28(30)22-13-9-7-10-14-22)17-25-19-29(23-15-11-8-12-16-23)31(21-27(25)26)33(4,5)6;1-11-5-7-12(8-6-11)9-13-3-2-4-14(10-13)15(16,17)18;1-2-4-5-3-1;;;/h7-21H,1-6H3;2-8,10H,1H3;1-3H,4H2;2*1H;/q;;;;;+2/p-2. The van der Waals surface area contributed by atoms with Crippen LogP contribution in [-0.2, 0) is 38.3 Å². The van der Waals surface area contributed by atoms with Crippen LogP contribution in [0.1, 0.15) is 96.1 Å². The average Bonchev–Trinajstić information content (AvgIpc) is 3.83. The molecule has 0 fully saturated rings. The third-order valence-corrected chi connectivity index (χ3v) is 19.9. The predicted molar refractivity (Wildman–Crippen MR) is 230 cm³/mol. The summed E-state index contributed by atoms with van der Waals surface area (Å²) in [6.07, 6.45) is 3.02. The minimum Gasteiger partial charge on any atom is -1.00 e. The average molecular weight is 905 g/mol. The fraction of sp³-hybridized carbons (Fsp3) is 0.226. The Labute approximate surface area is 368 Å². The molecule has 0 saturated heterocycles. The van der Waals surface area contributed by atoms with Gasteiger partial charge in [0.25, 0.3) is 0 Å². The summed E-state index contributed by atoms with van der Waals surface area (Å²) < 4.78 is 46.1. The third kappa shape index (κ3) is 8.75. The van der Waals surface area contributed by atoms with Crippen molar-refractivity contribution in [1.29, 1.82) is 0 Å². The van der Waals surface area contributed by atoms with Crippen molar-refractivity contribution in [3.05, 3.63) is 199 Å². The van der Waals surface area contributed by atoms with Gasteiger partial charge in [0.2, 0.25) is 0 Å². The maximum atomic E-state index is 14.5. The molecule has 0 aliphatic heterocycles. The van der Waals surface area contributed by atoms with Gasteiger partial charge < -0.3 is 24.8 Å². The van der Waals surface area contributed by atoms with Crippen molar-refractivity contribution in [3.8, 4) is 33.4 Å². The van der Waals surface area contributed by atoms with E-state index in [-0.39, 0.29) is 39.3 Å². The summed E-state index contributed by atoms with van der Waals surface area (Å²) in [5, 5.41) is 0. The topological polar surface area (TPSA) is 0 Å². The fourth-order valence-corrected chi connectivity index (χ4v) is 17.7. The smallest absolute Gasteiger partial charge is 1.00 e. The monoisotopic (exact) mass is 902 g/mol. The molecule has 0 radical (unpaired) electrons. The third-order valence-electron chi connectivity index (χ3n) is 11.6. The molecule has 6 aromatic rings. The van der Waals surface area contributed by atoms with Gasteiger partial charge in [-0.05, 0) is 0 Å². The van der Waals surface area contributed by atoms with E-state index in [4.69, 9.17) is 0 Å². The van der Waals surface area contributed by atoms with E-state index in [1.54, 1.807) is 6.07 Å². The zero-order valence-electron chi connectivity index (χ0n) is 34.6. The number of allylic oxidation sites excluding steroid dienone is 4. The number of hydrogen-bond acceptors (Lipinski definition) is 0. The summed E-state index contributed by atoms with van der Waals surface area (Å²) in [4.78, 5) is 0. The Morgan fingerprint density at radius 1 is 0.559 bits per heavy atom. The van der Waals surface area contributed by atoms with Crippen molar-refractivity contribution in [1.82, 2.24) is 0 Å². The largest absolute Gasteiger partial charge is 1.00 e. The number of alkyl halides is 3. The molecule has 2 aliphatic carbocycles. The molecule has 6 aromatic carbocycles. The zero-order chi connectivity index (χ0) is 40.3. The summed E-state index contributed by atoms with van der Waals surface area (Å²) in [6.45, 7) is 15.8. The minimum absolute atomic E-state index is 0. The molecule has 0 aromatic heterocycles. The second-order valence-electron chi connectivity index (χ2n) is 17.7. The molecule has 0 spiro atoms. The Balaban J connectivity index is 0.00000293. The Morgan fingerprint density at radius 3 is 1.51 bits per heavy atom. The Morgan fingerprint density at radius 2 is 1.07 bits per heavy atom.